The average Bonchev–Trinajstić information content (AvgIpc) is 3.33. The van der Waals surface area contributed by atoms with Gasteiger partial charge in [-0.1, -0.05) is 140 Å². The first-order chi connectivity index (χ1) is 33.0. The molecular weight excluding hydrogens is 877 g/mol. The third-order valence-electron chi connectivity index (χ3n) is 12.3. The van der Waals surface area contributed by atoms with Crippen molar-refractivity contribution in [2.75, 3.05) is 26.4 Å². The number of rotatable bonds is 40. The predicted octanol–water partition coefficient (Wildman–Crippen LogP) is 7.49. The second-order valence-corrected chi connectivity index (χ2v) is 18.3. The summed E-state index contributed by atoms with van der Waals surface area (Å²) < 4.78 is 33.6. The lowest BCUT2D eigenvalue weighted by atomic mass is 9.98. The first kappa shape index (κ1) is 61.6. The van der Waals surface area contributed by atoms with Crippen molar-refractivity contribution in [3.05, 3.63) is 48.6 Å². The van der Waals surface area contributed by atoms with Crippen LogP contribution in [0.5, 0.6) is 0 Å². The van der Waals surface area contributed by atoms with Crippen LogP contribution < -0.4 is 0 Å². The molecule has 0 aromatic rings. The van der Waals surface area contributed by atoms with Crippen molar-refractivity contribution in [2.45, 2.75) is 248 Å². The summed E-state index contributed by atoms with van der Waals surface area (Å²) in [5.41, 5.74) is 0. The highest BCUT2D eigenvalue weighted by Gasteiger charge is 2.47. The van der Waals surface area contributed by atoms with Crippen molar-refractivity contribution < 1.29 is 73.8 Å². The van der Waals surface area contributed by atoms with Crippen LogP contribution in [0.4, 0.5) is 0 Å². The van der Waals surface area contributed by atoms with Crippen LogP contribution in [0.2, 0.25) is 0 Å². The molecule has 15 heteroatoms. The van der Waals surface area contributed by atoms with Gasteiger partial charge in [0.05, 0.1) is 19.8 Å². The monoisotopic (exact) mass is 969 g/mol. The summed E-state index contributed by atoms with van der Waals surface area (Å²) >= 11 is 0. The Labute approximate surface area is 408 Å². The second kappa shape index (κ2) is 40.1. The average molecular weight is 969 g/mol. The van der Waals surface area contributed by atoms with Crippen LogP contribution in [0.1, 0.15) is 181 Å². The summed E-state index contributed by atoms with van der Waals surface area (Å²) in [6.45, 7) is 2.52. The third kappa shape index (κ3) is 27.7. The zero-order chi connectivity index (χ0) is 49.6. The minimum atomic E-state index is -1.77. The maximum atomic E-state index is 13.0. The van der Waals surface area contributed by atoms with Crippen molar-refractivity contribution in [1.29, 1.82) is 0 Å². The molecule has 4 unspecified atom stereocenters. The van der Waals surface area contributed by atoms with E-state index in [2.05, 4.69) is 62.5 Å². The number of hydrogen-bond acceptors (Lipinski definition) is 15. The van der Waals surface area contributed by atoms with Crippen LogP contribution in [-0.2, 0) is 38.0 Å². The van der Waals surface area contributed by atoms with Gasteiger partial charge < -0.3 is 64.2 Å². The molecule has 68 heavy (non-hydrogen) atoms. The Bertz CT molecular complexity index is 1370. The SMILES string of the molecule is CCCCC/C=C/C/C=C/C/C=C/CCCCCCC(=O)OC[C@@H](CO[C@@H]1O[C@H](CO[C@@H]2O[C@H](CO)[C@H](O)C(O)C2O)[C@H](O)C(O)C1O)OC(=O)CCCCCCCCC/C=C/CCCCCC. The topological polar surface area (TPSA) is 231 Å². The van der Waals surface area contributed by atoms with Crippen LogP contribution in [0.3, 0.4) is 0 Å². The molecule has 0 aliphatic carbocycles. The Balaban J connectivity index is 1.82. The summed E-state index contributed by atoms with van der Waals surface area (Å²) in [4.78, 5) is 25.8. The van der Waals surface area contributed by atoms with E-state index in [4.69, 9.17) is 28.4 Å². The standard InChI is InChI=1S/C53H92O15/c1-3-5-7-9-11-13-15-17-19-20-22-23-25-27-29-31-33-35-44(55)63-38-41(66-45(56)36-34-32-30-28-26-24-21-18-16-14-12-10-8-6-4-2)39-64-52-51(62)49(60)47(58)43(68-52)40-65-53-50(61)48(59)46(57)42(37-54)67-53/h11,13-14,16-17,19,22-23,41-43,46-54,57-62H,3-10,12,15,18,20-21,24-40H2,1-2H3/b13-11+,16-14+,19-17+,23-22+/t41-,42+,43+,46-,47-,48?,49?,50?,51?,52+,53+/m0/s1. The van der Waals surface area contributed by atoms with Crippen LogP contribution in [0.25, 0.3) is 0 Å². The third-order valence-corrected chi connectivity index (χ3v) is 12.3. The van der Waals surface area contributed by atoms with Gasteiger partial charge in [-0.2, -0.15) is 0 Å². The molecule has 394 valence electrons. The van der Waals surface area contributed by atoms with Gasteiger partial charge >= 0.3 is 11.9 Å². The number of aliphatic hydroxyl groups excluding tert-OH is 7. The Morgan fingerprint density at radius 3 is 1.43 bits per heavy atom. The Hall–Kier alpha value is -2.54. The van der Waals surface area contributed by atoms with Crippen LogP contribution in [0.15, 0.2) is 48.6 Å². The smallest absolute Gasteiger partial charge is 0.306 e. The number of allylic oxidation sites excluding steroid dienone is 8. The molecule has 15 nitrogen and oxygen atoms in total. The van der Waals surface area contributed by atoms with Crippen LogP contribution in [-0.4, -0.2) is 142 Å². The lowest BCUT2D eigenvalue weighted by molar-refractivity contribution is -0.332. The van der Waals surface area contributed by atoms with Crippen molar-refractivity contribution in [1.82, 2.24) is 0 Å². The molecule has 0 aromatic heterocycles. The molecule has 0 aromatic carbocycles. The Kier molecular flexibility index (Phi) is 36.3. The fraction of sp³-hybridized carbons (Fsp3) is 0.811. The van der Waals surface area contributed by atoms with Crippen LogP contribution in [0, 0.1) is 0 Å². The van der Waals surface area contributed by atoms with Crippen molar-refractivity contribution in [2.24, 2.45) is 0 Å². The summed E-state index contributed by atoms with van der Waals surface area (Å²) in [5.74, 6) is -0.956. The molecule has 2 saturated heterocycles. The van der Waals surface area contributed by atoms with E-state index in [0.29, 0.717) is 12.8 Å². The van der Waals surface area contributed by atoms with Gasteiger partial charge in [0.2, 0.25) is 0 Å². The number of carbonyl (C=O) groups is 2. The van der Waals surface area contributed by atoms with Crippen molar-refractivity contribution in [3.63, 3.8) is 0 Å². The number of ether oxygens (including phenoxy) is 6. The van der Waals surface area contributed by atoms with E-state index in [1.807, 2.05) is 0 Å². The van der Waals surface area contributed by atoms with E-state index in [-0.39, 0.29) is 19.4 Å². The molecular formula is C53H92O15. The lowest BCUT2D eigenvalue weighted by Gasteiger charge is -2.42. The molecule has 0 bridgehead atoms. The Morgan fingerprint density at radius 2 is 0.882 bits per heavy atom. The molecule has 0 radical (unpaired) electrons. The van der Waals surface area contributed by atoms with Gasteiger partial charge in [-0.15, -0.1) is 0 Å². The highest BCUT2D eigenvalue weighted by molar-refractivity contribution is 5.70. The van der Waals surface area contributed by atoms with Gasteiger partial charge in [0.25, 0.3) is 0 Å². The van der Waals surface area contributed by atoms with Crippen molar-refractivity contribution in [3.8, 4) is 0 Å². The quantitative estimate of drug-likeness (QED) is 0.0179. The summed E-state index contributed by atoms with van der Waals surface area (Å²) in [7, 11) is 0. The predicted molar refractivity (Wildman–Crippen MR) is 261 cm³/mol. The van der Waals surface area contributed by atoms with Gasteiger partial charge in [-0.3, -0.25) is 9.59 Å². The van der Waals surface area contributed by atoms with E-state index in [0.717, 1.165) is 77.0 Å². The van der Waals surface area contributed by atoms with Gasteiger partial charge in [0, 0.05) is 12.8 Å². The second-order valence-electron chi connectivity index (χ2n) is 18.3. The number of hydrogen-bond donors (Lipinski definition) is 7. The van der Waals surface area contributed by atoms with E-state index >= 15 is 0 Å². The highest BCUT2D eigenvalue weighted by atomic mass is 16.7. The summed E-state index contributed by atoms with van der Waals surface area (Å²) in [6, 6.07) is 0. The van der Waals surface area contributed by atoms with Crippen LogP contribution >= 0.6 is 0 Å². The maximum absolute atomic E-state index is 13.0. The van der Waals surface area contributed by atoms with Gasteiger partial charge in [0.1, 0.15) is 55.4 Å². The minimum absolute atomic E-state index is 0.154. The van der Waals surface area contributed by atoms with E-state index in [1.165, 1.54) is 64.2 Å². The summed E-state index contributed by atoms with van der Waals surface area (Å²) in [5, 5.41) is 72.1. The van der Waals surface area contributed by atoms with Crippen molar-refractivity contribution >= 4 is 11.9 Å². The molecule has 0 amide bonds. The first-order valence-corrected chi connectivity index (χ1v) is 26.2. The maximum Gasteiger partial charge on any atom is 0.306 e. The lowest BCUT2D eigenvalue weighted by Crippen LogP contribution is -2.61. The van der Waals surface area contributed by atoms with E-state index < -0.39 is 99.3 Å². The number of esters is 2. The molecule has 2 heterocycles. The largest absolute Gasteiger partial charge is 0.462 e. The fourth-order valence-corrected chi connectivity index (χ4v) is 7.92. The minimum Gasteiger partial charge on any atom is -0.462 e. The van der Waals surface area contributed by atoms with E-state index in [9.17, 15) is 45.3 Å². The summed E-state index contributed by atoms with van der Waals surface area (Å²) in [6.07, 6.45) is 27.0. The molecule has 0 spiro atoms. The molecule has 0 saturated carbocycles. The van der Waals surface area contributed by atoms with Gasteiger partial charge in [-0.25, -0.2) is 0 Å². The number of aliphatic hydroxyl groups is 7. The van der Waals surface area contributed by atoms with Gasteiger partial charge in [-0.05, 0) is 77.0 Å². The molecule has 2 aliphatic rings. The van der Waals surface area contributed by atoms with E-state index in [1.54, 1.807) is 0 Å². The molecule has 7 N–H and O–H groups in total. The molecule has 2 fully saturated rings. The molecule has 2 aliphatic heterocycles. The highest BCUT2D eigenvalue weighted by Crippen LogP contribution is 2.26. The normalized spacial score (nSPS) is 26.1. The Morgan fingerprint density at radius 1 is 0.471 bits per heavy atom. The van der Waals surface area contributed by atoms with Gasteiger partial charge in [0.15, 0.2) is 18.7 Å². The first-order valence-electron chi connectivity index (χ1n) is 26.2. The molecule has 2 rings (SSSR count). The zero-order valence-electron chi connectivity index (χ0n) is 41.6. The zero-order valence-corrected chi connectivity index (χ0v) is 41.6. The number of carbonyl (C=O) groups excluding carboxylic acids is 2. The molecule has 11 atom stereocenters. The number of unbranched alkanes of at least 4 members (excludes halogenated alkanes) is 18. The fourth-order valence-electron chi connectivity index (χ4n) is 7.92.